The van der Waals surface area contributed by atoms with E-state index in [2.05, 4.69) is 23.1 Å². The number of carbonyl (C=O) groups is 1. The Morgan fingerprint density at radius 2 is 1.90 bits per heavy atom. The van der Waals surface area contributed by atoms with Crippen molar-refractivity contribution in [2.45, 2.75) is 25.2 Å². The van der Waals surface area contributed by atoms with E-state index in [9.17, 15) is 4.79 Å². The summed E-state index contributed by atoms with van der Waals surface area (Å²) in [5.41, 5.74) is 3.14. The van der Waals surface area contributed by atoms with Crippen molar-refractivity contribution in [1.82, 2.24) is 4.90 Å². The van der Waals surface area contributed by atoms with Crippen LogP contribution in [0, 0.1) is 5.92 Å². The predicted octanol–water partition coefficient (Wildman–Crippen LogP) is 5.61. The smallest absolute Gasteiger partial charge is 0.307 e. The van der Waals surface area contributed by atoms with E-state index in [1.54, 1.807) is 6.92 Å². The molecule has 1 unspecified atom stereocenters. The van der Waals surface area contributed by atoms with Crippen LogP contribution in [-0.4, -0.2) is 42.2 Å². The predicted molar refractivity (Wildman–Crippen MR) is 121 cm³/mol. The molecule has 1 spiro atoms. The van der Waals surface area contributed by atoms with E-state index < -0.39 is 5.97 Å². The summed E-state index contributed by atoms with van der Waals surface area (Å²) in [5.74, 6) is -0.134. The van der Waals surface area contributed by atoms with Gasteiger partial charge in [0.25, 0.3) is 0 Å². The van der Waals surface area contributed by atoms with Crippen LogP contribution in [0.2, 0.25) is 10.0 Å². The third-order valence-corrected chi connectivity index (χ3v) is 6.95. The zero-order chi connectivity index (χ0) is 21.3. The van der Waals surface area contributed by atoms with Gasteiger partial charge in [-0.25, -0.2) is 0 Å². The molecule has 0 amide bonds. The summed E-state index contributed by atoms with van der Waals surface area (Å²) < 4.78 is 6.09. The second-order valence-corrected chi connectivity index (χ2v) is 9.15. The van der Waals surface area contributed by atoms with Crippen molar-refractivity contribution in [2.75, 3.05) is 26.2 Å². The number of carboxylic acids is 1. The number of benzene rings is 2. The number of halogens is 2. The van der Waals surface area contributed by atoms with Crippen LogP contribution in [0.15, 0.2) is 36.4 Å². The van der Waals surface area contributed by atoms with Crippen molar-refractivity contribution in [3.63, 3.8) is 0 Å². The standard InChI is InChI=1S/C24H25Cl2NO3/c1-16(23(28)29)14-27-11-9-24(10-12-27)15-30-22-13-17(6-8-19(22)24)5-7-18-20(25)3-2-4-21(18)26/h2-8,13,16H,9-12,14-15H2,1H3,(H,28,29)/b7-5+. The van der Waals surface area contributed by atoms with Crippen molar-refractivity contribution in [3.05, 3.63) is 63.1 Å². The van der Waals surface area contributed by atoms with Crippen LogP contribution >= 0.6 is 23.2 Å². The molecule has 2 aromatic rings. The number of carboxylic acid groups (broad SMARTS) is 1. The molecule has 1 saturated heterocycles. The van der Waals surface area contributed by atoms with Gasteiger partial charge in [0, 0.05) is 33.1 Å². The molecule has 1 fully saturated rings. The molecule has 2 aliphatic heterocycles. The lowest BCUT2D eigenvalue weighted by Crippen LogP contribution is -2.45. The first-order valence-corrected chi connectivity index (χ1v) is 11.0. The lowest BCUT2D eigenvalue weighted by molar-refractivity contribution is -0.141. The number of ether oxygens (including phenoxy) is 1. The molecule has 2 heterocycles. The Balaban J connectivity index is 1.47. The molecule has 0 bridgehead atoms. The molecule has 6 heteroatoms. The van der Waals surface area contributed by atoms with Crippen molar-refractivity contribution in [3.8, 4) is 5.75 Å². The quantitative estimate of drug-likeness (QED) is 0.607. The molecular weight excluding hydrogens is 421 g/mol. The number of hydrogen-bond donors (Lipinski definition) is 1. The Morgan fingerprint density at radius 3 is 2.57 bits per heavy atom. The number of aliphatic carboxylic acids is 1. The van der Waals surface area contributed by atoms with Crippen LogP contribution in [0.5, 0.6) is 5.75 Å². The lowest BCUT2D eigenvalue weighted by atomic mass is 9.74. The molecule has 30 heavy (non-hydrogen) atoms. The van der Waals surface area contributed by atoms with Crippen LogP contribution in [0.1, 0.15) is 36.5 Å². The molecule has 2 aliphatic rings. The minimum Gasteiger partial charge on any atom is -0.492 e. The van der Waals surface area contributed by atoms with E-state index in [0.717, 1.165) is 42.8 Å². The average Bonchev–Trinajstić information content (AvgIpc) is 3.07. The zero-order valence-corrected chi connectivity index (χ0v) is 18.4. The maximum Gasteiger partial charge on any atom is 0.307 e. The number of fused-ring (bicyclic) bond motifs is 2. The van der Waals surface area contributed by atoms with Gasteiger partial charge in [-0.2, -0.15) is 0 Å². The fourth-order valence-electron chi connectivity index (χ4n) is 4.39. The van der Waals surface area contributed by atoms with Crippen LogP contribution in [-0.2, 0) is 10.2 Å². The highest BCUT2D eigenvalue weighted by Gasteiger charge is 2.43. The molecule has 2 aromatic carbocycles. The second-order valence-electron chi connectivity index (χ2n) is 8.33. The van der Waals surface area contributed by atoms with Gasteiger partial charge >= 0.3 is 5.97 Å². The summed E-state index contributed by atoms with van der Waals surface area (Å²) in [6.45, 7) is 4.85. The van der Waals surface area contributed by atoms with Gasteiger partial charge in [0.2, 0.25) is 0 Å². The minimum atomic E-state index is -0.733. The van der Waals surface area contributed by atoms with E-state index >= 15 is 0 Å². The van der Waals surface area contributed by atoms with Gasteiger partial charge in [-0.3, -0.25) is 4.79 Å². The first kappa shape index (κ1) is 21.2. The number of hydrogen-bond acceptors (Lipinski definition) is 3. The molecular formula is C24H25Cl2NO3. The van der Waals surface area contributed by atoms with E-state index in [-0.39, 0.29) is 11.3 Å². The molecule has 0 aromatic heterocycles. The minimum absolute atomic E-state index is 0.0343. The summed E-state index contributed by atoms with van der Waals surface area (Å²) in [6.07, 6.45) is 5.89. The van der Waals surface area contributed by atoms with E-state index in [0.29, 0.717) is 23.2 Å². The number of piperidine rings is 1. The highest BCUT2D eigenvalue weighted by molar-refractivity contribution is 6.37. The largest absolute Gasteiger partial charge is 0.492 e. The van der Waals surface area contributed by atoms with Crippen molar-refractivity contribution >= 4 is 41.3 Å². The first-order chi connectivity index (χ1) is 14.4. The topological polar surface area (TPSA) is 49.8 Å². The summed E-state index contributed by atoms with van der Waals surface area (Å²) in [4.78, 5) is 13.4. The normalized spacial score (nSPS) is 19.0. The zero-order valence-electron chi connectivity index (χ0n) is 16.9. The number of rotatable bonds is 5. The summed E-state index contributed by atoms with van der Waals surface area (Å²) in [6, 6.07) is 11.8. The molecule has 0 aliphatic carbocycles. The Morgan fingerprint density at radius 1 is 1.20 bits per heavy atom. The van der Waals surface area contributed by atoms with Gasteiger partial charge in [-0.1, -0.05) is 60.5 Å². The van der Waals surface area contributed by atoms with Crippen LogP contribution in [0.25, 0.3) is 12.2 Å². The van der Waals surface area contributed by atoms with Gasteiger partial charge < -0.3 is 14.7 Å². The molecule has 4 nitrogen and oxygen atoms in total. The molecule has 0 saturated carbocycles. The van der Waals surface area contributed by atoms with Gasteiger partial charge in [0.15, 0.2) is 0 Å². The molecule has 158 valence electrons. The molecule has 0 radical (unpaired) electrons. The molecule has 4 rings (SSSR count). The van der Waals surface area contributed by atoms with Gasteiger partial charge in [0.1, 0.15) is 5.75 Å². The molecule has 1 atom stereocenters. The third kappa shape index (κ3) is 4.22. The van der Waals surface area contributed by atoms with Gasteiger partial charge in [0.05, 0.1) is 12.5 Å². The van der Waals surface area contributed by atoms with Crippen LogP contribution in [0.4, 0.5) is 0 Å². The van der Waals surface area contributed by atoms with Crippen LogP contribution < -0.4 is 4.74 Å². The van der Waals surface area contributed by atoms with E-state index in [1.807, 2.05) is 30.4 Å². The van der Waals surface area contributed by atoms with Crippen LogP contribution in [0.3, 0.4) is 0 Å². The third-order valence-electron chi connectivity index (χ3n) is 6.29. The Kier molecular flexibility index (Phi) is 6.10. The number of likely N-dealkylation sites (tertiary alicyclic amines) is 1. The molecule has 1 N–H and O–H groups in total. The fraction of sp³-hybridized carbons (Fsp3) is 0.375. The maximum absolute atomic E-state index is 11.1. The monoisotopic (exact) mass is 445 g/mol. The van der Waals surface area contributed by atoms with Crippen molar-refractivity contribution in [1.29, 1.82) is 0 Å². The highest BCUT2D eigenvalue weighted by Crippen LogP contribution is 2.46. The second kappa shape index (κ2) is 8.62. The average molecular weight is 446 g/mol. The SMILES string of the molecule is CC(CN1CCC2(CC1)COc1cc(/C=C/c3c(Cl)cccc3Cl)ccc12)C(=O)O. The Bertz CT molecular complexity index is 960. The highest BCUT2D eigenvalue weighted by atomic mass is 35.5. The summed E-state index contributed by atoms with van der Waals surface area (Å²) in [7, 11) is 0. The van der Waals surface area contributed by atoms with Crippen molar-refractivity contribution in [2.24, 2.45) is 5.92 Å². The Labute approximate surface area is 187 Å². The van der Waals surface area contributed by atoms with Gasteiger partial charge in [-0.15, -0.1) is 0 Å². The van der Waals surface area contributed by atoms with E-state index in [4.69, 9.17) is 33.0 Å². The first-order valence-electron chi connectivity index (χ1n) is 10.2. The van der Waals surface area contributed by atoms with Gasteiger partial charge in [-0.05, 0) is 49.7 Å². The summed E-state index contributed by atoms with van der Waals surface area (Å²) in [5, 5.41) is 10.4. The van der Waals surface area contributed by atoms with Crippen molar-refractivity contribution < 1.29 is 14.6 Å². The van der Waals surface area contributed by atoms with E-state index in [1.165, 1.54) is 5.56 Å². The fourth-order valence-corrected chi connectivity index (χ4v) is 4.91. The number of nitrogens with zero attached hydrogens (tertiary/aromatic N) is 1. The lowest BCUT2D eigenvalue weighted by Gasteiger charge is -2.39. The Hall–Kier alpha value is -2.01. The summed E-state index contributed by atoms with van der Waals surface area (Å²) >= 11 is 12.5. The maximum atomic E-state index is 11.1.